The number of unbranched alkanes of at least 4 members (excludes halogenated alkanes) is 18. The molecule has 0 saturated carbocycles. The molecule has 0 heterocycles. The van der Waals surface area contributed by atoms with Gasteiger partial charge in [-0.05, 0) is 12.8 Å². The number of hydrogen-bond donors (Lipinski definition) is 1. The fraction of sp³-hybridized carbons (Fsp3) is 0.833. The smallest absolute Gasteiger partial charge is 0.330 e. The lowest BCUT2D eigenvalue weighted by molar-refractivity contribution is -0.143. The standard InChI is InChI=1S/C30H55NO5/c1-3-5-7-9-11-13-15-17-19-21-25-35-29(33)24-23-28(32)31-27-30(34)36-26-22-20-18-16-14-12-10-8-6-4-2/h23-24H,3-22,25-27H2,1-2H3,(H,31,32). The average molecular weight is 510 g/mol. The molecule has 0 aliphatic carbocycles. The van der Waals surface area contributed by atoms with Crippen molar-refractivity contribution >= 4 is 17.8 Å². The van der Waals surface area contributed by atoms with E-state index >= 15 is 0 Å². The van der Waals surface area contributed by atoms with Crippen LogP contribution in [0.2, 0.25) is 0 Å². The molecule has 0 saturated heterocycles. The molecule has 0 aliphatic rings. The van der Waals surface area contributed by atoms with Crippen LogP contribution in [-0.2, 0) is 23.9 Å². The van der Waals surface area contributed by atoms with Crippen LogP contribution in [0.25, 0.3) is 0 Å². The molecule has 0 fully saturated rings. The van der Waals surface area contributed by atoms with Crippen LogP contribution in [0.3, 0.4) is 0 Å². The highest BCUT2D eigenvalue weighted by Crippen LogP contribution is 2.11. The number of ether oxygens (including phenoxy) is 2. The summed E-state index contributed by atoms with van der Waals surface area (Å²) < 4.78 is 10.3. The SMILES string of the molecule is CCCCCCCCCCCCOC(=O)C=CC(=O)NCC(=O)OCCCCCCCCCCCC. The number of carbonyl (C=O) groups excluding carboxylic acids is 3. The van der Waals surface area contributed by atoms with Crippen molar-refractivity contribution in [3.05, 3.63) is 12.2 Å². The van der Waals surface area contributed by atoms with Crippen molar-refractivity contribution in [3.63, 3.8) is 0 Å². The van der Waals surface area contributed by atoms with E-state index in [0.717, 1.165) is 37.8 Å². The Hall–Kier alpha value is -1.85. The van der Waals surface area contributed by atoms with E-state index in [1.54, 1.807) is 0 Å². The van der Waals surface area contributed by atoms with Crippen LogP contribution in [0, 0.1) is 0 Å². The molecule has 0 bridgehead atoms. The molecule has 0 radical (unpaired) electrons. The monoisotopic (exact) mass is 509 g/mol. The predicted molar refractivity (Wildman–Crippen MR) is 148 cm³/mol. The van der Waals surface area contributed by atoms with Gasteiger partial charge in [-0.15, -0.1) is 0 Å². The van der Waals surface area contributed by atoms with Crippen LogP contribution in [0.5, 0.6) is 0 Å². The molecule has 0 aromatic rings. The first-order valence-electron chi connectivity index (χ1n) is 14.9. The van der Waals surface area contributed by atoms with Gasteiger partial charge in [0.1, 0.15) is 6.54 Å². The maximum atomic E-state index is 11.8. The van der Waals surface area contributed by atoms with E-state index in [9.17, 15) is 14.4 Å². The molecule has 6 heteroatoms. The lowest BCUT2D eigenvalue weighted by atomic mass is 10.1. The summed E-state index contributed by atoms with van der Waals surface area (Å²) >= 11 is 0. The number of carbonyl (C=O) groups is 3. The van der Waals surface area contributed by atoms with Crippen molar-refractivity contribution in [3.8, 4) is 0 Å². The van der Waals surface area contributed by atoms with Crippen molar-refractivity contribution < 1.29 is 23.9 Å². The Balaban J connectivity index is 3.52. The predicted octanol–water partition coefficient (Wildman–Crippen LogP) is 7.59. The summed E-state index contributed by atoms with van der Waals surface area (Å²) in [5.74, 6) is -1.51. The van der Waals surface area contributed by atoms with E-state index in [1.807, 2.05) is 0 Å². The van der Waals surface area contributed by atoms with E-state index < -0.39 is 17.8 Å². The van der Waals surface area contributed by atoms with Gasteiger partial charge in [0, 0.05) is 12.2 Å². The average Bonchev–Trinajstić information content (AvgIpc) is 2.88. The minimum atomic E-state index is -0.537. The molecule has 0 spiro atoms. The highest BCUT2D eigenvalue weighted by Gasteiger charge is 2.05. The summed E-state index contributed by atoms with van der Waals surface area (Å²) in [5, 5.41) is 2.43. The number of hydrogen-bond acceptors (Lipinski definition) is 5. The molecule has 36 heavy (non-hydrogen) atoms. The third-order valence-electron chi connectivity index (χ3n) is 6.28. The van der Waals surface area contributed by atoms with Gasteiger partial charge in [-0.3, -0.25) is 9.59 Å². The van der Waals surface area contributed by atoms with Gasteiger partial charge in [-0.25, -0.2) is 4.79 Å². The number of nitrogens with one attached hydrogen (secondary N) is 1. The Labute approximate surface area is 221 Å². The van der Waals surface area contributed by atoms with E-state index in [4.69, 9.17) is 9.47 Å². The van der Waals surface area contributed by atoms with E-state index in [0.29, 0.717) is 13.2 Å². The van der Waals surface area contributed by atoms with Crippen LogP contribution in [0.4, 0.5) is 0 Å². The summed E-state index contributed by atoms with van der Waals surface area (Å²) in [4.78, 5) is 35.2. The highest BCUT2D eigenvalue weighted by atomic mass is 16.5. The van der Waals surface area contributed by atoms with Gasteiger partial charge in [0.25, 0.3) is 0 Å². The van der Waals surface area contributed by atoms with Gasteiger partial charge in [0.05, 0.1) is 13.2 Å². The third-order valence-corrected chi connectivity index (χ3v) is 6.28. The lowest BCUT2D eigenvalue weighted by Gasteiger charge is -2.06. The molecule has 210 valence electrons. The number of esters is 2. The van der Waals surface area contributed by atoms with Gasteiger partial charge in [0.15, 0.2) is 0 Å². The Morgan fingerprint density at radius 3 is 1.36 bits per heavy atom. The summed E-state index contributed by atoms with van der Waals surface area (Å²) in [6.07, 6.45) is 26.6. The molecule has 1 amide bonds. The van der Waals surface area contributed by atoms with Crippen LogP contribution < -0.4 is 5.32 Å². The molecule has 0 aromatic carbocycles. The first-order chi connectivity index (χ1) is 17.6. The van der Waals surface area contributed by atoms with Crippen molar-refractivity contribution in [2.75, 3.05) is 19.8 Å². The summed E-state index contributed by atoms with van der Waals surface area (Å²) in [7, 11) is 0. The maximum absolute atomic E-state index is 11.8. The molecule has 1 N–H and O–H groups in total. The van der Waals surface area contributed by atoms with Crippen LogP contribution in [0.1, 0.15) is 142 Å². The second-order valence-electron chi connectivity index (χ2n) is 9.80. The number of amides is 1. The Morgan fingerprint density at radius 1 is 0.528 bits per heavy atom. The summed E-state index contributed by atoms with van der Waals surface area (Å²) in [5.41, 5.74) is 0. The molecular formula is C30H55NO5. The van der Waals surface area contributed by atoms with Crippen molar-refractivity contribution in [2.45, 2.75) is 142 Å². The maximum Gasteiger partial charge on any atom is 0.330 e. The molecule has 0 rings (SSSR count). The van der Waals surface area contributed by atoms with E-state index in [1.165, 1.54) is 103 Å². The highest BCUT2D eigenvalue weighted by molar-refractivity contribution is 5.95. The largest absolute Gasteiger partial charge is 0.464 e. The van der Waals surface area contributed by atoms with Crippen molar-refractivity contribution in [1.82, 2.24) is 5.32 Å². The molecule has 0 aliphatic heterocycles. The fourth-order valence-corrected chi connectivity index (χ4v) is 4.00. The first-order valence-corrected chi connectivity index (χ1v) is 14.9. The Morgan fingerprint density at radius 2 is 0.917 bits per heavy atom. The van der Waals surface area contributed by atoms with Gasteiger partial charge in [-0.2, -0.15) is 0 Å². The summed E-state index contributed by atoms with van der Waals surface area (Å²) in [6, 6.07) is 0. The zero-order valence-corrected chi connectivity index (χ0v) is 23.5. The number of rotatable bonds is 26. The first kappa shape index (κ1) is 34.1. The fourth-order valence-electron chi connectivity index (χ4n) is 4.00. The van der Waals surface area contributed by atoms with E-state index in [2.05, 4.69) is 19.2 Å². The minimum Gasteiger partial charge on any atom is -0.464 e. The zero-order valence-electron chi connectivity index (χ0n) is 23.5. The second-order valence-corrected chi connectivity index (χ2v) is 9.80. The lowest BCUT2D eigenvalue weighted by Crippen LogP contribution is -2.29. The van der Waals surface area contributed by atoms with Gasteiger partial charge < -0.3 is 14.8 Å². The van der Waals surface area contributed by atoms with Gasteiger partial charge in [-0.1, -0.05) is 129 Å². The van der Waals surface area contributed by atoms with Crippen LogP contribution >= 0.6 is 0 Å². The Kier molecular flexibility index (Phi) is 26.3. The van der Waals surface area contributed by atoms with E-state index in [-0.39, 0.29) is 6.54 Å². The molecule has 0 unspecified atom stereocenters. The second kappa shape index (κ2) is 27.7. The Bertz CT molecular complexity index is 562. The quantitative estimate of drug-likeness (QED) is 0.0738. The third kappa shape index (κ3) is 26.7. The molecule has 6 nitrogen and oxygen atoms in total. The van der Waals surface area contributed by atoms with Gasteiger partial charge >= 0.3 is 11.9 Å². The van der Waals surface area contributed by atoms with Gasteiger partial charge in [0.2, 0.25) is 5.91 Å². The normalized spacial score (nSPS) is 11.1. The molecule has 0 aromatic heterocycles. The van der Waals surface area contributed by atoms with Crippen LogP contribution in [0.15, 0.2) is 12.2 Å². The molecular weight excluding hydrogens is 454 g/mol. The zero-order chi connectivity index (χ0) is 26.5. The van der Waals surface area contributed by atoms with Crippen LogP contribution in [-0.4, -0.2) is 37.6 Å². The van der Waals surface area contributed by atoms with Crippen molar-refractivity contribution in [2.24, 2.45) is 0 Å². The minimum absolute atomic E-state index is 0.200. The topological polar surface area (TPSA) is 81.7 Å². The summed E-state index contributed by atoms with van der Waals surface area (Å²) in [6.45, 7) is 5.01. The molecule has 0 atom stereocenters. The van der Waals surface area contributed by atoms with Crippen molar-refractivity contribution in [1.29, 1.82) is 0 Å².